The Morgan fingerprint density at radius 1 is 0.778 bits per heavy atom. The standard InChI is InChI=1S/C31H38BNO3/c1-7-28(23-11-9-8-10-12-23)29(25-15-19-27(20-16-25)34-22-21-33-6)24-13-17-26(18-14-24)32-35-30(2,3)31(4,5)36-32/h8-20,33H,7,21-22H2,1-6H3. The van der Waals surface area contributed by atoms with Crippen LogP contribution in [0.15, 0.2) is 78.9 Å². The van der Waals surface area contributed by atoms with E-state index in [0.29, 0.717) is 6.61 Å². The van der Waals surface area contributed by atoms with E-state index >= 15 is 0 Å². The molecule has 0 saturated carbocycles. The highest BCUT2D eigenvalue weighted by atomic mass is 16.7. The van der Waals surface area contributed by atoms with Crippen molar-refractivity contribution < 1.29 is 14.0 Å². The summed E-state index contributed by atoms with van der Waals surface area (Å²) in [4.78, 5) is 0. The fourth-order valence-electron chi connectivity index (χ4n) is 4.45. The van der Waals surface area contributed by atoms with Gasteiger partial charge in [-0.05, 0) is 86.6 Å². The van der Waals surface area contributed by atoms with Gasteiger partial charge in [-0.2, -0.15) is 0 Å². The van der Waals surface area contributed by atoms with Crippen molar-refractivity contribution in [3.63, 3.8) is 0 Å². The van der Waals surface area contributed by atoms with Gasteiger partial charge in [-0.25, -0.2) is 0 Å². The Hall–Kier alpha value is -2.86. The SMILES string of the molecule is CCC(=C(c1ccc(OCCNC)cc1)c1ccc(B2OC(C)(C)C(C)(C)O2)cc1)c1ccccc1. The molecule has 1 aliphatic rings. The molecule has 3 aromatic rings. The molecule has 0 aliphatic carbocycles. The lowest BCUT2D eigenvalue weighted by molar-refractivity contribution is 0.00578. The molecule has 0 unspecified atom stereocenters. The molecule has 0 radical (unpaired) electrons. The van der Waals surface area contributed by atoms with Gasteiger partial charge in [0.25, 0.3) is 0 Å². The summed E-state index contributed by atoms with van der Waals surface area (Å²) >= 11 is 0. The third-order valence-electron chi connectivity index (χ3n) is 7.27. The third kappa shape index (κ3) is 5.59. The van der Waals surface area contributed by atoms with Crippen molar-refractivity contribution in [2.24, 2.45) is 0 Å². The fourth-order valence-corrected chi connectivity index (χ4v) is 4.45. The zero-order valence-electron chi connectivity index (χ0n) is 22.4. The highest BCUT2D eigenvalue weighted by Crippen LogP contribution is 2.37. The van der Waals surface area contributed by atoms with Crippen molar-refractivity contribution in [2.45, 2.75) is 52.2 Å². The molecule has 1 saturated heterocycles. The number of nitrogens with one attached hydrogen (secondary N) is 1. The fraction of sp³-hybridized carbons (Fsp3) is 0.355. The first kappa shape index (κ1) is 26.2. The smallest absolute Gasteiger partial charge is 0.492 e. The van der Waals surface area contributed by atoms with Crippen LogP contribution in [0.5, 0.6) is 5.75 Å². The van der Waals surface area contributed by atoms with Gasteiger partial charge in [0.1, 0.15) is 12.4 Å². The van der Waals surface area contributed by atoms with Gasteiger partial charge in [0, 0.05) is 6.54 Å². The molecule has 5 heteroatoms. The lowest BCUT2D eigenvalue weighted by Crippen LogP contribution is -2.41. The molecule has 4 nitrogen and oxygen atoms in total. The summed E-state index contributed by atoms with van der Waals surface area (Å²) in [5.74, 6) is 0.877. The molecular weight excluding hydrogens is 445 g/mol. The highest BCUT2D eigenvalue weighted by Gasteiger charge is 2.51. The van der Waals surface area contributed by atoms with Crippen molar-refractivity contribution in [1.82, 2.24) is 5.32 Å². The zero-order valence-corrected chi connectivity index (χ0v) is 22.4. The predicted octanol–water partition coefficient (Wildman–Crippen LogP) is 5.95. The van der Waals surface area contributed by atoms with Crippen LogP contribution < -0.4 is 15.5 Å². The molecule has 0 bridgehead atoms. The summed E-state index contributed by atoms with van der Waals surface area (Å²) in [5.41, 5.74) is 6.41. The summed E-state index contributed by atoms with van der Waals surface area (Å²) in [5, 5.41) is 3.11. The molecule has 1 N–H and O–H groups in total. The van der Waals surface area contributed by atoms with Crippen molar-refractivity contribution in [2.75, 3.05) is 20.2 Å². The molecule has 0 amide bonds. The van der Waals surface area contributed by atoms with E-state index in [1.807, 2.05) is 7.05 Å². The van der Waals surface area contributed by atoms with Crippen LogP contribution >= 0.6 is 0 Å². The van der Waals surface area contributed by atoms with Crippen LogP contribution in [0.1, 0.15) is 57.7 Å². The van der Waals surface area contributed by atoms with E-state index in [9.17, 15) is 0 Å². The molecule has 4 rings (SSSR count). The Balaban J connectivity index is 1.71. The maximum absolute atomic E-state index is 6.27. The molecule has 3 aromatic carbocycles. The zero-order chi connectivity index (χ0) is 25.8. The van der Waals surface area contributed by atoms with Crippen molar-refractivity contribution in [3.8, 4) is 5.75 Å². The molecule has 0 aromatic heterocycles. The normalized spacial score (nSPS) is 17.1. The van der Waals surface area contributed by atoms with Gasteiger partial charge in [-0.15, -0.1) is 0 Å². The van der Waals surface area contributed by atoms with Crippen molar-refractivity contribution in [1.29, 1.82) is 0 Å². The minimum absolute atomic E-state index is 0.360. The second kappa shape index (κ2) is 11.0. The molecule has 1 heterocycles. The van der Waals surface area contributed by atoms with Crippen LogP contribution in [0.2, 0.25) is 0 Å². The van der Waals surface area contributed by atoms with E-state index < -0.39 is 0 Å². The summed E-state index contributed by atoms with van der Waals surface area (Å²) in [7, 11) is 1.56. The number of ether oxygens (including phenoxy) is 1. The van der Waals surface area contributed by atoms with Gasteiger partial charge in [-0.1, -0.05) is 73.7 Å². The molecular formula is C31H38BNO3. The second-order valence-electron chi connectivity index (χ2n) is 10.3. The number of allylic oxidation sites excluding steroid dienone is 1. The number of likely N-dealkylation sites (N-methyl/N-ethyl adjacent to an activating group) is 1. The molecule has 36 heavy (non-hydrogen) atoms. The lowest BCUT2D eigenvalue weighted by Gasteiger charge is -2.32. The maximum Gasteiger partial charge on any atom is 0.494 e. The van der Waals surface area contributed by atoms with Crippen LogP contribution in [0.25, 0.3) is 11.1 Å². The Morgan fingerprint density at radius 3 is 1.86 bits per heavy atom. The molecule has 1 fully saturated rings. The van der Waals surface area contributed by atoms with E-state index in [1.165, 1.54) is 27.8 Å². The summed E-state index contributed by atoms with van der Waals surface area (Å²) in [6.07, 6.45) is 0.915. The van der Waals surface area contributed by atoms with E-state index in [4.69, 9.17) is 14.0 Å². The van der Waals surface area contributed by atoms with Gasteiger partial charge in [0.15, 0.2) is 0 Å². The van der Waals surface area contributed by atoms with Crippen LogP contribution in [0, 0.1) is 0 Å². The summed E-state index contributed by atoms with van der Waals surface area (Å²) in [6, 6.07) is 27.7. The van der Waals surface area contributed by atoms with Crippen LogP contribution in [0.4, 0.5) is 0 Å². The van der Waals surface area contributed by atoms with Gasteiger partial charge in [0.05, 0.1) is 11.2 Å². The number of benzene rings is 3. The number of hydrogen-bond acceptors (Lipinski definition) is 4. The van der Waals surface area contributed by atoms with E-state index in [2.05, 4.69) is 119 Å². The molecule has 0 spiro atoms. The predicted molar refractivity (Wildman–Crippen MR) is 151 cm³/mol. The van der Waals surface area contributed by atoms with Crippen LogP contribution in [-0.2, 0) is 9.31 Å². The second-order valence-corrected chi connectivity index (χ2v) is 10.3. The highest BCUT2D eigenvalue weighted by molar-refractivity contribution is 6.62. The topological polar surface area (TPSA) is 39.7 Å². The van der Waals surface area contributed by atoms with Gasteiger partial charge in [-0.3, -0.25) is 0 Å². The lowest BCUT2D eigenvalue weighted by atomic mass is 9.78. The minimum Gasteiger partial charge on any atom is -0.492 e. The van der Waals surface area contributed by atoms with Crippen molar-refractivity contribution >= 4 is 23.7 Å². The van der Waals surface area contributed by atoms with Gasteiger partial charge >= 0.3 is 7.12 Å². The van der Waals surface area contributed by atoms with Gasteiger partial charge < -0.3 is 19.4 Å². The Kier molecular flexibility index (Phi) is 8.04. The maximum atomic E-state index is 6.27. The Morgan fingerprint density at radius 2 is 1.33 bits per heavy atom. The van der Waals surface area contributed by atoms with E-state index in [1.54, 1.807) is 0 Å². The first-order valence-corrected chi connectivity index (χ1v) is 12.9. The van der Waals surface area contributed by atoms with E-state index in [0.717, 1.165) is 24.2 Å². The minimum atomic E-state index is -0.370. The van der Waals surface area contributed by atoms with Gasteiger partial charge in [0.2, 0.25) is 0 Å². The number of rotatable bonds is 9. The van der Waals surface area contributed by atoms with Crippen LogP contribution in [-0.4, -0.2) is 38.5 Å². The first-order valence-electron chi connectivity index (χ1n) is 12.9. The average Bonchev–Trinajstić information content (AvgIpc) is 3.10. The largest absolute Gasteiger partial charge is 0.494 e. The van der Waals surface area contributed by atoms with E-state index in [-0.39, 0.29) is 18.3 Å². The quantitative estimate of drug-likeness (QED) is 0.232. The third-order valence-corrected chi connectivity index (χ3v) is 7.27. The average molecular weight is 483 g/mol. The molecule has 0 atom stereocenters. The summed E-state index contributed by atoms with van der Waals surface area (Å²) < 4.78 is 18.4. The van der Waals surface area contributed by atoms with Crippen LogP contribution in [0.3, 0.4) is 0 Å². The monoisotopic (exact) mass is 483 g/mol. The van der Waals surface area contributed by atoms with Crippen molar-refractivity contribution in [3.05, 3.63) is 95.6 Å². The first-order chi connectivity index (χ1) is 17.3. The number of hydrogen-bond donors (Lipinski definition) is 1. The Bertz CT molecular complexity index is 1150. The summed E-state index contributed by atoms with van der Waals surface area (Å²) in [6.45, 7) is 12.0. The molecule has 1 aliphatic heterocycles. The Labute approximate surface area is 216 Å². The molecule has 188 valence electrons.